The van der Waals surface area contributed by atoms with Crippen molar-refractivity contribution in [2.45, 2.75) is 6.61 Å². The molecule has 0 radical (unpaired) electrons. The van der Waals surface area contributed by atoms with Crippen LogP contribution in [0.15, 0.2) is 77.9 Å². The molecule has 142 valence electrons. The molecule has 0 saturated heterocycles. The normalized spacial score (nSPS) is 10.6. The van der Waals surface area contributed by atoms with Gasteiger partial charge in [-0.2, -0.15) is 5.10 Å². The largest absolute Gasteiger partial charge is 0.493 e. The lowest BCUT2D eigenvalue weighted by Crippen LogP contribution is -2.01. The Bertz CT molecular complexity index is 971. The van der Waals surface area contributed by atoms with Crippen LogP contribution in [-0.2, 0) is 6.61 Å². The first kappa shape index (κ1) is 19.0. The molecule has 0 aliphatic heterocycles. The Labute approximate surface area is 163 Å². The maximum atomic E-state index is 11.1. The summed E-state index contributed by atoms with van der Waals surface area (Å²) in [4.78, 5) is 11.1. The number of anilines is 1. The molecule has 0 aliphatic rings. The van der Waals surface area contributed by atoms with E-state index in [0.29, 0.717) is 11.5 Å². The molecule has 0 unspecified atom stereocenters. The molecule has 0 bridgehead atoms. The zero-order valence-electron chi connectivity index (χ0n) is 15.3. The zero-order chi connectivity index (χ0) is 19.8. The van der Waals surface area contributed by atoms with Crippen LogP contribution >= 0.6 is 0 Å². The summed E-state index contributed by atoms with van der Waals surface area (Å²) in [7, 11) is 1.57. The maximum absolute atomic E-state index is 11.1. The molecule has 28 heavy (non-hydrogen) atoms. The molecule has 3 aromatic carbocycles. The fourth-order valence-electron chi connectivity index (χ4n) is 2.53. The Kier molecular flexibility index (Phi) is 6.25. The number of rotatable bonds is 8. The number of nitrogens with one attached hydrogen (secondary N) is 1. The molecule has 0 saturated carbocycles. The Balaban J connectivity index is 1.66. The van der Waals surface area contributed by atoms with Crippen molar-refractivity contribution in [2.24, 2.45) is 5.10 Å². The predicted octanol–water partition coefficient (Wildman–Crippen LogP) is 4.42. The van der Waals surface area contributed by atoms with E-state index < -0.39 is 5.97 Å². The molecule has 0 aromatic heterocycles. The van der Waals surface area contributed by atoms with Crippen molar-refractivity contribution in [1.29, 1.82) is 0 Å². The van der Waals surface area contributed by atoms with Gasteiger partial charge in [0.25, 0.3) is 0 Å². The quantitative estimate of drug-likeness (QED) is 0.449. The number of hydrogen-bond donors (Lipinski definition) is 2. The van der Waals surface area contributed by atoms with Crippen LogP contribution < -0.4 is 14.9 Å². The first-order valence-corrected chi connectivity index (χ1v) is 8.63. The minimum absolute atomic E-state index is 0.227. The van der Waals surface area contributed by atoms with Crippen LogP contribution in [0.25, 0.3) is 0 Å². The third-order valence-electron chi connectivity index (χ3n) is 3.94. The maximum Gasteiger partial charge on any atom is 0.335 e. The molecule has 3 rings (SSSR count). The summed E-state index contributed by atoms with van der Waals surface area (Å²) in [5.41, 5.74) is 5.69. The van der Waals surface area contributed by atoms with Crippen LogP contribution in [0.4, 0.5) is 5.69 Å². The van der Waals surface area contributed by atoms with E-state index in [0.717, 1.165) is 16.8 Å². The van der Waals surface area contributed by atoms with Crippen molar-refractivity contribution in [3.8, 4) is 11.5 Å². The van der Waals surface area contributed by atoms with Crippen LogP contribution in [0.1, 0.15) is 21.5 Å². The van der Waals surface area contributed by atoms with Crippen molar-refractivity contribution in [3.05, 3.63) is 89.5 Å². The molecule has 0 amide bonds. The third kappa shape index (κ3) is 5.11. The molecule has 0 heterocycles. The average molecular weight is 376 g/mol. The van der Waals surface area contributed by atoms with Gasteiger partial charge in [-0.15, -0.1) is 0 Å². The average Bonchev–Trinajstić information content (AvgIpc) is 2.73. The van der Waals surface area contributed by atoms with Gasteiger partial charge in [0, 0.05) is 0 Å². The van der Waals surface area contributed by atoms with Gasteiger partial charge in [-0.05, 0) is 53.6 Å². The fraction of sp³-hybridized carbons (Fsp3) is 0.0909. The van der Waals surface area contributed by atoms with Crippen LogP contribution in [0.5, 0.6) is 11.5 Å². The highest BCUT2D eigenvalue weighted by molar-refractivity contribution is 5.87. The number of ether oxygens (including phenoxy) is 2. The number of benzene rings is 3. The summed E-state index contributed by atoms with van der Waals surface area (Å²) >= 11 is 0. The van der Waals surface area contributed by atoms with Gasteiger partial charge in [0.2, 0.25) is 0 Å². The molecule has 3 aromatic rings. The highest BCUT2D eigenvalue weighted by Crippen LogP contribution is 2.28. The van der Waals surface area contributed by atoms with Gasteiger partial charge in [0.15, 0.2) is 11.5 Å². The summed E-state index contributed by atoms with van der Waals surface area (Å²) in [6.07, 6.45) is 1.69. The lowest BCUT2D eigenvalue weighted by Gasteiger charge is -2.11. The van der Waals surface area contributed by atoms with Crippen LogP contribution in [0.3, 0.4) is 0 Å². The fourth-order valence-corrected chi connectivity index (χ4v) is 2.53. The molecule has 0 aliphatic carbocycles. The lowest BCUT2D eigenvalue weighted by atomic mass is 10.1. The van der Waals surface area contributed by atoms with E-state index in [4.69, 9.17) is 14.6 Å². The van der Waals surface area contributed by atoms with Crippen molar-refractivity contribution in [2.75, 3.05) is 12.5 Å². The number of carboxylic acid groups (broad SMARTS) is 1. The van der Waals surface area contributed by atoms with E-state index in [-0.39, 0.29) is 12.2 Å². The Morgan fingerprint density at radius 2 is 1.86 bits per heavy atom. The van der Waals surface area contributed by atoms with E-state index in [1.165, 1.54) is 0 Å². The van der Waals surface area contributed by atoms with Gasteiger partial charge in [-0.25, -0.2) is 4.79 Å². The SMILES string of the molecule is COc1cc(/C=N\Nc2ccccc2)ccc1OCc1cccc(C(=O)O)c1. The topological polar surface area (TPSA) is 80.1 Å². The monoisotopic (exact) mass is 376 g/mol. The molecular formula is C22H20N2O4. The van der Waals surface area contributed by atoms with Crippen molar-refractivity contribution in [3.63, 3.8) is 0 Å². The number of nitrogens with zero attached hydrogens (tertiary/aromatic N) is 1. The summed E-state index contributed by atoms with van der Waals surface area (Å²) < 4.78 is 11.2. The molecule has 2 N–H and O–H groups in total. The second-order valence-electron chi connectivity index (χ2n) is 5.94. The molecule has 0 fully saturated rings. The van der Waals surface area contributed by atoms with Crippen molar-refractivity contribution in [1.82, 2.24) is 0 Å². The van der Waals surface area contributed by atoms with Gasteiger partial charge < -0.3 is 14.6 Å². The standard InChI is InChI=1S/C22H20N2O4/c1-27-21-13-16(14-23-24-19-8-3-2-4-9-19)10-11-20(21)28-15-17-6-5-7-18(12-17)22(25)26/h2-14,24H,15H2,1H3,(H,25,26)/b23-14-. The predicted molar refractivity (Wildman–Crippen MR) is 108 cm³/mol. The van der Waals surface area contributed by atoms with E-state index in [2.05, 4.69) is 10.5 Å². The number of methoxy groups -OCH3 is 1. The summed E-state index contributed by atoms with van der Waals surface area (Å²) in [5, 5.41) is 13.3. The van der Waals surface area contributed by atoms with E-state index in [1.54, 1.807) is 37.6 Å². The zero-order valence-corrected chi connectivity index (χ0v) is 15.3. The first-order valence-electron chi connectivity index (χ1n) is 8.63. The molecule has 0 atom stereocenters. The van der Waals surface area contributed by atoms with Gasteiger partial charge in [-0.1, -0.05) is 30.3 Å². The number of carbonyl (C=O) groups is 1. The number of para-hydroxylation sites is 1. The van der Waals surface area contributed by atoms with Crippen molar-refractivity contribution < 1.29 is 19.4 Å². The van der Waals surface area contributed by atoms with Crippen molar-refractivity contribution >= 4 is 17.9 Å². The van der Waals surface area contributed by atoms with Crippen LogP contribution in [-0.4, -0.2) is 24.4 Å². The minimum Gasteiger partial charge on any atom is -0.493 e. The number of hydrogen-bond acceptors (Lipinski definition) is 5. The van der Waals surface area contributed by atoms with E-state index >= 15 is 0 Å². The number of aromatic carboxylic acids is 1. The second kappa shape index (κ2) is 9.23. The molecule has 6 heteroatoms. The van der Waals surface area contributed by atoms with Gasteiger partial charge in [0.05, 0.1) is 24.6 Å². The Hall–Kier alpha value is -3.80. The van der Waals surface area contributed by atoms with E-state index in [1.807, 2.05) is 48.5 Å². The molecule has 0 spiro atoms. The first-order chi connectivity index (χ1) is 13.7. The summed E-state index contributed by atoms with van der Waals surface area (Å²) in [6.45, 7) is 0.237. The smallest absolute Gasteiger partial charge is 0.335 e. The van der Waals surface area contributed by atoms with Gasteiger partial charge in [0.1, 0.15) is 6.61 Å². The number of carboxylic acids is 1. The molecule has 6 nitrogen and oxygen atoms in total. The highest BCUT2D eigenvalue weighted by Gasteiger charge is 2.07. The summed E-state index contributed by atoms with van der Waals surface area (Å²) in [6, 6.07) is 21.8. The minimum atomic E-state index is -0.966. The Morgan fingerprint density at radius 3 is 2.61 bits per heavy atom. The van der Waals surface area contributed by atoms with E-state index in [9.17, 15) is 4.79 Å². The summed E-state index contributed by atoms with van der Waals surface area (Å²) in [5.74, 6) is 0.168. The van der Waals surface area contributed by atoms with Crippen LogP contribution in [0.2, 0.25) is 0 Å². The second-order valence-corrected chi connectivity index (χ2v) is 5.94. The van der Waals surface area contributed by atoms with Gasteiger partial charge in [-0.3, -0.25) is 5.43 Å². The lowest BCUT2D eigenvalue weighted by molar-refractivity contribution is 0.0696. The number of hydrazone groups is 1. The van der Waals surface area contributed by atoms with Crippen LogP contribution in [0, 0.1) is 0 Å². The molecular weight excluding hydrogens is 356 g/mol. The van der Waals surface area contributed by atoms with Gasteiger partial charge >= 0.3 is 5.97 Å². The highest BCUT2D eigenvalue weighted by atomic mass is 16.5. The third-order valence-corrected chi connectivity index (χ3v) is 3.94. The Morgan fingerprint density at radius 1 is 1.04 bits per heavy atom.